The van der Waals surface area contributed by atoms with Gasteiger partial charge in [-0.05, 0) is 24.3 Å². The number of fused-ring (bicyclic) bond motifs is 1. The first-order valence-corrected chi connectivity index (χ1v) is 5.83. The third-order valence-electron chi connectivity index (χ3n) is 2.84. The predicted molar refractivity (Wildman–Crippen MR) is 71.4 cm³/mol. The summed E-state index contributed by atoms with van der Waals surface area (Å²) in [6, 6.07) is 6.39. The number of hydrogen-bond donors (Lipinski definition) is 1. The van der Waals surface area contributed by atoms with Crippen molar-refractivity contribution in [2.45, 2.75) is 0 Å². The first kappa shape index (κ1) is 12.1. The Morgan fingerprint density at radius 3 is 2.80 bits per heavy atom. The fourth-order valence-electron chi connectivity index (χ4n) is 1.81. The number of carbonyl (C=O) groups is 1. The number of aromatic nitrogens is 3. The summed E-state index contributed by atoms with van der Waals surface area (Å²) in [6.07, 6.45) is 3.07. The van der Waals surface area contributed by atoms with Gasteiger partial charge in [-0.1, -0.05) is 0 Å². The van der Waals surface area contributed by atoms with Crippen molar-refractivity contribution in [3.8, 4) is 0 Å². The highest BCUT2D eigenvalue weighted by Gasteiger charge is 2.11. The number of rotatable bonds is 2. The van der Waals surface area contributed by atoms with Crippen molar-refractivity contribution in [2.24, 2.45) is 7.05 Å². The Morgan fingerprint density at radius 1 is 1.30 bits per heavy atom. The molecule has 0 aliphatic carbocycles. The summed E-state index contributed by atoms with van der Waals surface area (Å²) >= 11 is 0. The van der Waals surface area contributed by atoms with Gasteiger partial charge in [0.15, 0.2) is 5.58 Å². The minimum atomic E-state index is -0.469. The molecule has 3 rings (SSSR count). The van der Waals surface area contributed by atoms with Crippen molar-refractivity contribution in [3.63, 3.8) is 0 Å². The number of nitrogens with one attached hydrogen (secondary N) is 1. The molecule has 0 unspecified atom stereocenters. The Kier molecular flexibility index (Phi) is 2.79. The predicted octanol–water partition coefficient (Wildman–Crippen LogP) is 1.17. The van der Waals surface area contributed by atoms with E-state index in [-0.39, 0.29) is 11.9 Å². The fourth-order valence-corrected chi connectivity index (χ4v) is 1.81. The Hall–Kier alpha value is -2.96. The summed E-state index contributed by atoms with van der Waals surface area (Å²) in [5.41, 5.74) is 1.38. The quantitative estimate of drug-likeness (QED) is 0.755. The van der Waals surface area contributed by atoms with E-state index >= 15 is 0 Å². The number of carbonyl (C=O) groups excluding carboxylic acids is 1. The molecule has 0 atom stereocenters. The van der Waals surface area contributed by atoms with Crippen molar-refractivity contribution in [1.82, 2.24) is 14.5 Å². The van der Waals surface area contributed by atoms with E-state index in [0.717, 1.165) is 0 Å². The monoisotopic (exact) mass is 270 g/mol. The van der Waals surface area contributed by atoms with Gasteiger partial charge in [-0.15, -0.1) is 0 Å². The molecule has 0 bridgehead atoms. The molecule has 0 radical (unpaired) electrons. The van der Waals surface area contributed by atoms with Gasteiger partial charge in [-0.25, -0.2) is 14.8 Å². The van der Waals surface area contributed by atoms with Gasteiger partial charge in [0.1, 0.15) is 0 Å². The average Bonchev–Trinajstić information content (AvgIpc) is 2.75. The van der Waals surface area contributed by atoms with E-state index in [1.807, 2.05) is 0 Å². The summed E-state index contributed by atoms with van der Waals surface area (Å²) < 4.78 is 6.34. The van der Waals surface area contributed by atoms with Crippen molar-refractivity contribution >= 4 is 23.0 Å². The van der Waals surface area contributed by atoms with E-state index in [2.05, 4.69) is 15.3 Å². The lowest BCUT2D eigenvalue weighted by atomic mass is 10.2. The largest absolute Gasteiger partial charge is 0.419 e. The van der Waals surface area contributed by atoms with Crippen LogP contribution in [0.25, 0.3) is 11.1 Å². The normalized spacial score (nSPS) is 10.7. The number of hydrogen-bond acceptors (Lipinski definition) is 5. The Bertz CT molecular complexity index is 836. The zero-order valence-corrected chi connectivity index (χ0v) is 10.5. The molecule has 100 valence electrons. The maximum Gasteiger partial charge on any atom is 0.419 e. The van der Waals surface area contributed by atoms with Gasteiger partial charge in [0.2, 0.25) is 5.95 Å². The third kappa shape index (κ3) is 2.05. The lowest BCUT2D eigenvalue weighted by Gasteiger charge is -2.03. The Balaban J connectivity index is 1.96. The second-order valence-corrected chi connectivity index (χ2v) is 4.14. The number of amides is 1. The van der Waals surface area contributed by atoms with Crippen LogP contribution in [0.2, 0.25) is 0 Å². The highest BCUT2D eigenvalue weighted by atomic mass is 16.4. The van der Waals surface area contributed by atoms with Gasteiger partial charge < -0.3 is 4.42 Å². The number of aryl methyl sites for hydroxylation is 1. The van der Waals surface area contributed by atoms with Crippen LogP contribution < -0.4 is 11.1 Å². The SMILES string of the molecule is Cn1c(=O)oc2ccc(C(=O)Nc3ncccn3)cc21. The summed E-state index contributed by atoms with van der Waals surface area (Å²) in [4.78, 5) is 31.3. The maximum absolute atomic E-state index is 12.1. The van der Waals surface area contributed by atoms with Crippen LogP contribution in [-0.4, -0.2) is 20.4 Å². The molecule has 1 amide bonds. The van der Waals surface area contributed by atoms with Gasteiger partial charge in [0.25, 0.3) is 5.91 Å². The fraction of sp³-hybridized carbons (Fsp3) is 0.0769. The first-order valence-electron chi connectivity index (χ1n) is 5.83. The summed E-state index contributed by atoms with van der Waals surface area (Å²) in [5.74, 6) is -0.602. The van der Waals surface area contributed by atoms with Gasteiger partial charge in [-0.2, -0.15) is 0 Å². The molecule has 0 aliphatic heterocycles. The summed E-state index contributed by atoms with van der Waals surface area (Å²) in [7, 11) is 1.58. The number of benzene rings is 1. The molecule has 2 heterocycles. The van der Waals surface area contributed by atoms with E-state index in [9.17, 15) is 9.59 Å². The molecule has 7 heteroatoms. The molecule has 0 saturated carbocycles. The minimum absolute atomic E-state index is 0.221. The van der Waals surface area contributed by atoms with Crippen LogP contribution in [0.5, 0.6) is 0 Å². The molecule has 0 spiro atoms. The average molecular weight is 270 g/mol. The van der Waals surface area contributed by atoms with E-state index in [1.54, 1.807) is 31.3 Å². The van der Waals surface area contributed by atoms with E-state index in [0.29, 0.717) is 16.7 Å². The smallest absolute Gasteiger partial charge is 0.408 e. The summed E-state index contributed by atoms with van der Waals surface area (Å²) in [6.45, 7) is 0. The zero-order chi connectivity index (χ0) is 14.1. The molecule has 2 aromatic heterocycles. The summed E-state index contributed by atoms with van der Waals surface area (Å²) in [5, 5.41) is 2.57. The molecule has 0 aliphatic rings. The van der Waals surface area contributed by atoms with E-state index in [4.69, 9.17) is 4.42 Å². The second-order valence-electron chi connectivity index (χ2n) is 4.14. The Labute approximate surface area is 112 Å². The molecule has 7 nitrogen and oxygen atoms in total. The van der Waals surface area contributed by atoms with Crippen molar-refractivity contribution in [1.29, 1.82) is 0 Å². The lowest BCUT2D eigenvalue weighted by molar-refractivity contribution is 0.102. The van der Waals surface area contributed by atoms with E-state index < -0.39 is 5.76 Å². The maximum atomic E-state index is 12.1. The van der Waals surface area contributed by atoms with Gasteiger partial charge in [-0.3, -0.25) is 14.7 Å². The van der Waals surface area contributed by atoms with Crippen molar-refractivity contribution in [2.75, 3.05) is 5.32 Å². The number of nitrogens with zero attached hydrogens (tertiary/aromatic N) is 3. The van der Waals surface area contributed by atoms with Crippen molar-refractivity contribution < 1.29 is 9.21 Å². The molecular formula is C13H10N4O3. The molecule has 1 N–H and O–H groups in total. The van der Waals surface area contributed by atoms with E-state index in [1.165, 1.54) is 17.0 Å². The molecule has 1 aromatic carbocycles. The standard InChI is InChI=1S/C13H10N4O3/c1-17-9-7-8(3-4-10(9)20-13(17)19)11(18)16-12-14-5-2-6-15-12/h2-7H,1H3,(H,14,15,16,18). The molecule has 3 aromatic rings. The lowest BCUT2D eigenvalue weighted by Crippen LogP contribution is -2.14. The van der Waals surface area contributed by atoms with Crippen LogP contribution >= 0.6 is 0 Å². The van der Waals surface area contributed by atoms with Crippen LogP contribution in [0.4, 0.5) is 5.95 Å². The van der Waals surface area contributed by atoms with Crippen molar-refractivity contribution in [3.05, 3.63) is 52.8 Å². The molecule has 20 heavy (non-hydrogen) atoms. The first-order chi connectivity index (χ1) is 9.65. The molecule has 0 fully saturated rings. The van der Waals surface area contributed by atoms with Crippen LogP contribution in [0.3, 0.4) is 0 Å². The number of anilines is 1. The zero-order valence-electron chi connectivity index (χ0n) is 10.5. The van der Waals surface area contributed by atoms with Crippen LogP contribution in [-0.2, 0) is 7.05 Å². The second kappa shape index (κ2) is 4.61. The minimum Gasteiger partial charge on any atom is -0.408 e. The molecular weight excluding hydrogens is 260 g/mol. The number of oxazole rings is 1. The topological polar surface area (TPSA) is 90.0 Å². The Morgan fingerprint density at radius 2 is 2.05 bits per heavy atom. The highest BCUT2D eigenvalue weighted by Crippen LogP contribution is 2.15. The van der Waals surface area contributed by atoms with Crippen LogP contribution in [0.1, 0.15) is 10.4 Å². The van der Waals surface area contributed by atoms with Crippen LogP contribution in [0, 0.1) is 0 Å². The van der Waals surface area contributed by atoms with Crippen LogP contribution in [0.15, 0.2) is 45.9 Å². The van der Waals surface area contributed by atoms with Gasteiger partial charge in [0.05, 0.1) is 5.52 Å². The van der Waals surface area contributed by atoms with Gasteiger partial charge in [0, 0.05) is 25.0 Å². The highest BCUT2D eigenvalue weighted by molar-refractivity contribution is 6.04. The van der Waals surface area contributed by atoms with Gasteiger partial charge >= 0.3 is 5.76 Å². The third-order valence-corrected chi connectivity index (χ3v) is 2.84. The molecule has 0 saturated heterocycles.